The Morgan fingerprint density at radius 2 is 2.05 bits per heavy atom. The van der Waals surface area contributed by atoms with Gasteiger partial charge in [0.05, 0.1) is 5.01 Å². The Labute approximate surface area is 121 Å². The molecule has 108 valence electrons. The number of nitrogens with one attached hydrogen (secondary N) is 1. The van der Waals surface area contributed by atoms with E-state index in [1.165, 1.54) is 42.4 Å². The fourth-order valence-corrected chi connectivity index (χ4v) is 3.36. The summed E-state index contributed by atoms with van der Waals surface area (Å²) >= 11 is 1.85. The van der Waals surface area contributed by atoms with Gasteiger partial charge in [0.2, 0.25) is 0 Å². The van der Waals surface area contributed by atoms with Gasteiger partial charge >= 0.3 is 0 Å². The van der Waals surface area contributed by atoms with Crippen LogP contribution in [0.2, 0.25) is 0 Å². The summed E-state index contributed by atoms with van der Waals surface area (Å²) in [5.74, 6) is 0. The van der Waals surface area contributed by atoms with E-state index in [2.05, 4.69) is 42.9 Å². The van der Waals surface area contributed by atoms with Crippen LogP contribution in [0.3, 0.4) is 0 Å². The summed E-state index contributed by atoms with van der Waals surface area (Å²) in [5, 5.41) is 4.93. The number of hydrogen-bond donors (Lipinski definition) is 1. The molecule has 0 aromatic carbocycles. The van der Waals surface area contributed by atoms with Crippen LogP contribution in [-0.4, -0.2) is 35.6 Å². The van der Waals surface area contributed by atoms with Crippen molar-refractivity contribution in [2.75, 3.05) is 19.6 Å². The van der Waals surface area contributed by atoms with E-state index in [9.17, 15) is 0 Å². The Morgan fingerprint density at radius 3 is 2.58 bits per heavy atom. The second kappa shape index (κ2) is 6.33. The number of rotatable bonds is 4. The van der Waals surface area contributed by atoms with Crippen LogP contribution in [0.15, 0.2) is 6.20 Å². The molecule has 0 radical (unpaired) electrons. The van der Waals surface area contributed by atoms with Crippen molar-refractivity contribution < 1.29 is 0 Å². The maximum absolute atomic E-state index is 4.55. The molecule has 1 N–H and O–H groups in total. The molecule has 0 aliphatic carbocycles. The molecule has 0 unspecified atom stereocenters. The number of aromatic nitrogens is 1. The first-order valence-corrected chi connectivity index (χ1v) is 8.21. The average molecular weight is 281 g/mol. The highest BCUT2D eigenvalue weighted by atomic mass is 32.1. The maximum atomic E-state index is 4.55. The molecular weight excluding hydrogens is 254 g/mol. The Hall–Kier alpha value is -0.450. The summed E-state index contributed by atoms with van der Waals surface area (Å²) in [6.07, 6.45) is 4.59. The van der Waals surface area contributed by atoms with Crippen molar-refractivity contribution in [2.24, 2.45) is 0 Å². The third kappa shape index (κ3) is 4.26. The van der Waals surface area contributed by atoms with Crippen molar-refractivity contribution in [1.82, 2.24) is 15.2 Å². The summed E-state index contributed by atoms with van der Waals surface area (Å²) in [6.45, 7) is 13.6. The second-order valence-corrected chi connectivity index (χ2v) is 7.59. The molecule has 0 spiro atoms. The molecule has 19 heavy (non-hydrogen) atoms. The van der Waals surface area contributed by atoms with E-state index in [1.807, 2.05) is 17.5 Å². The van der Waals surface area contributed by atoms with Crippen LogP contribution >= 0.6 is 11.3 Å². The molecule has 1 aromatic heterocycles. The highest BCUT2D eigenvalue weighted by Gasteiger charge is 2.20. The lowest BCUT2D eigenvalue weighted by Crippen LogP contribution is -2.41. The SMILES string of the molecule is CCN1CCC(NCc2cnc(C(C)(C)C)s2)CC1. The lowest BCUT2D eigenvalue weighted by molar-refractivity contribution is 0.206. The van der Waals surface area contributed by atoms with E-state index < -0.39 is 0 Å². The van der Waals surface area contributed by atoms with Gasteiger partial charge in [0.15, 0.2) is 0 Å². The molecule has 4 heteroatoms. The third-order valence-corrected chi connectivity index (χ3v) is 5.22. The molecule has 0 amide bonds. The molecule has 1 saturated heterocycles. The van der Waals surface area contributed by atoms with E-state index in [0.717, 1.165) is 6.54 Å². The zero-order chi connectivity index (χ0) is 13.9. The first-order valence-electron chi connectivity index (χ1n) is 7.40. The minimum atomic E-state index is 0.176. The van der Waals surface area contributed by atoms with E-state index in [0.29, 0.717) is 6.04 Å². The lowest BCUT2D eigenvalue weighted by Gasteiger charge is -2.31. The monoisotopic (exact) mass is 281 g/mol. The minimum absolute atomic E-state index is 0.176. The highest BCUT2D eigenvalue weighted by Crippen LogP contribution is 2.26. The smallest absolute Gasteiger partial charge is 0.0981 e. The minimum Gasteiger partial charge on any atom is -0.309 e. The van der Waals surface area contributed by atoms with Crippen LogP contribution in [0.4, 0.5) is 0 Å². The molecule has 2 rings (SSSR count). The van der Waals surface area contributed by atoms with Gasteiger partial charge in [-0.1, -0.05) is 27.7 Å². The molecule has 3 nitrogen and oxygen atoms in total. The van der Waals surface area contributed by atoms with E-state index in [-0.39, 0.29) is 5.41 Å². The lowest BCUT2D eigenvalue weighted by atomic mass is 9.98. The Bertz CT molecular complexity index is 386. The highest BCUT2D eigenvalue weighted by molar-refractivity contribution is 7.11. The first kappa shape index (κ1) is 14.9. The van der Waals surface area contributed by atoms with Gasteiger partial charge < -0.3 is 10.2 Å². The van der Waals surface area contributed by atoms with Gasteiger partial charge in [-0.05, 0) is 32.5 Å². The van der Waals surface area contributed by atoms with E-state index in [4.69, 9.17) is 0 Å². The zero-order valence-electron chi connectivity index (χ0n) is 12.7. The number of thiazole rings is 1. The van der Waals surface area contributed by atoms with Crippen LogP contribution in [0.1, 0.15) is 50.4 Å². The van der Waals surface area contributed by atoms with Crippen molar-refractivity contribution in [3.63, 3.8) is 0 Å². The Balaban J connectivity index is 1.78. The third-order valence-electron chi connectivity index (χ3n) is 3.79. The molecule has 0 atom stereocenters. The average Bonchev–Trinajstić information content (AvgIpc) is 2.86. The quantitative estimate of drug-likeness (QED) is 0.919. The van der Waals surface area contributed by atoms with Crippen LogP contribution in [0, 0.1) is 0 Å². The molecule has 0 saturated carbocycles. The molecule has 0 bridgehead atoms. The molecule has 1 aromatic rings. The molecule has 1 aliphatic heterocycles. The second-order valence-electron chi connectivity index (χ2n) is 6.47. The van der Waals surface area contributed by atoms with E-state index >= 15 is 0 Å². The predicted molar refractivity (Wildman–Crippen MR) is 82.8 cm³/mol. The van der Waals surface area contributed by atoms with Gasteiger partial charge in [0.25, 0.3) is 0 Å². The number of piperidine rings is 1. The van der Waals surface area contributed by atoms with Gasteiger partial charge in [-0.15, -0.1) is 11.3 Å². The molecular formula is C15H27N3S. The zero-order valence-corrected chi connectivity index (χ0v) is 13.5. The van der Waals surface area contributed by atoms with Crippen LogP contribution in [0.5, 0.6) is 0 Å². The summed E-state index contributed by atoms with van der Waals surface area (Å²) < 4.78 is 0. The van der Waals surface area contributed by atoms with Gasteiger partial charge in [0.1, 0.15) is 0 Å². The van der Waals surface area contributed by atoms with Crippen LogP contribution in [-0.2, 0) is 12.0 Å². The Morgan fingerprint density at radius 1 is 1.37 bits per heavy atom. The van der Waals surface area contributed by atoms with Crippen LogP contribution < -0.4 is 5.32 Å². The fraction of sp³-hybridized carbons (Fsp3) is 0.800. The van der Waals surface area contributed by atoms with Gasteiger partial charge in [0, 0.05) is 29.1 Å². The van der Waals surface area contributed by atoms with Crippen molar-refractivity contribution in [3.8, 4) is 0 Å². The largest absolute Gasteiger partial charge is 0.309 e. The summed E-state index contributed by atoms with van der Waals surface area (Å²) in [5.41, 5.74) is 0.176. The molecule has 1 aliphatic rings. The van der Waals surface area contributed by atoms with Crippen molar-refractivity contribution >= 4 is 11.3 Å². The van der Waals surface area contributed by atoms with Gasteiger partial charge in [-0.25, -0.2) is 4.98 Å². The molecule has 1 fully saturated rings. The molecule has 2 heterocycles. The Kier molecular flexibility index (Phi) is 4.98. The van der Waals surface area contributed by atoms with Gasteiger partial charge in [-0.2, -0.15) is 0 Å². The maximum Gasteiger partial charge on any atom is 0.0981 e. The topological polar surface area (TPSA) is 28.2 Å². The number of hydrogen-bond acceptors (Lipinski definition) is 4. The summed E-state index contributed by atoms with van der Waals surface area (Å²) in [4.78, 5) is 8.44. The first-order chi connectivity index (χ1) is 8.99. The van der Waals surface area contributed by atoms with Crippen LogP contribution in [0.25, 0.3) is 0 Å². The normalized spacial score (nSPS) is 18.9. The predicted octanol–water partition coefficient (Wildman–Crippen LogP) is 3.01. The standard InChI is InChI=1S/C15H27N3S/c1-5-18-8-6-12(7-9-18)16-10-13-11-17-14(19-13)15(2,3)4/h11-12,16H,5-10H2,1-4H3. The van der Waals surface area contributed by atoms with Crippen molar-refractivity contribution in [2.45, 2.75) is 58.5 Å². The van der Waals surface area contributed by atoms with Crippen molar-refractivity contribution in [1.29, 1.82) is 0 Å². The van der Waals surface area contributed by atoms with Crippen molar-refractivity contribution in [3.05, 3.63) is 16.1 Å². The van der Waals surface area contributed by atoms with E-state index in [1.54, 1.807) is 0 Å². The summed E-state index contributed by atoms with van der Waals surface area (Å²) in [6, 6.07) is 0.683. The number of nitrogens with zero attached hydrogens (tertiary/aromatic N) is 2. The number of likely N-dealkylation sites (tertiary alicyclic amines) is 1. The summed E-state index contributed by atoms with van der Waals surface area (Å²) in [7, 11) is 0. The fourth-order valence-electron chi connectivity index (χ4n) is 2.43. The van der Waals surface area contributed by atoms with Gasteiger partial charge in [-0.3, -0.25) is 0 Å².